The minimum Gasteiger partial charge on any atom is -0.241 e. The Morgan fingerprint density at radius 2 is 1.30 bits per heavy atom. The molecule has 3 heteroatoms. The van der Waals surface area contributed by atoms with E-state index in [0.29, 0.717) is 13.1 Å². The van der Waals surface area contributed by atoms with Crippen LogP contribution >= 0.6 is 0 Å². The van der Waals surface area contributed by atoms with Crippen molar-refractivity contribution in [2.75, 3.05) is 13.1 Å². The molecule has 0 heterocycles. The van der Waals surface area contributed by atoms with Crippen LogP contribution in [0.15, 0.2) is 54.6 Å². The number of halogens is 2. The number of alkyl halides is 2. The third-order valence-electron chi connectivity index (χ3n) is 3.50. The van der Waals surface area contributed by atoms with Gasteiger partial charge in [0.1, 0.15) is 0 Å². The lowest BCUT2D eigenvalue weighted by atomic mass is 10.0. The SMILES string of the molecule is CCN(CC)C(F)(F)c1ccc(-c2ccccc2)cc1. The summed E-state index contributed by atoms with van der Waals surface area (Å²) in [5, 5.41) is 0. The lowest BCUT2D eigenvalue weighted by molar-refractivity contribution is -0.150. The third kappa shape index (κ3) is 2.88. The van der Waals surface area contributed by atoms with Crippen LogP contribution in [0.5, 0.6) is 0 Å². The first-order chi connectivity index (χ1) is 9.59. The first-order valence-electron chi connectivity index (χ1n) is 6.88. The zero-order chi connectivity index (χ0) is 14.6. The summed E-state index contributed by atoms with van der Waals surface area (Å²) in [7, 11) is 0. The Labute approximate surface area is 118 Å². The number of nitrogens with zero attached hydrogens (tertiary/aromatic N) is 1. The molecular weight excluding hydrogens is 256 g/mol. The zero-order valence-corrected chi connectivity index (χ0v) is 11.8. The molecule has 0 radical (unpaired) electrons. The number of hydrogen-bond acceptors (Lipinski definition) is 1. The van der Waals surface area contributed by atoms with Crippen LogP contribution in [0, 0.1) is 0 Å². The van der Waals surface area contributed by atoms with E-state index in [1.54, 1.807) is 26.0 Å². The third-order valence-corrected chi connectivity index (χ3v) is 3.50. The van der Waals surface area contributed by atoms with Crippen molar-refractivity contribution >= 4 is 0 Å². The Hall–Kier alpha value is -1.74. The topological polar surface area (TPSA) is 3.24 Å². The van der Waals surface area contributed by atoms with Crippen LogP contribution in [-0.2, 0) is 6.05 Å². The van der Waals surface area contributed by atoms with E-state index in [1.807, 2.05) is 30.3 Å². The maximum atomic E-state index is 14.3. The Morgan fingerprint density at radius 3 is 1.80 bits per heavy atom. The summed E-state index contributed by atoms with van der Waals surface area (Å²) in [4.78, 5) is 1.16. The van der Waals surface area contributed by atoms with Crippen LogP contribution in [-0.4, -0.2) is 18.0 Å². The zero-order valence-electron chi connectivity index (χ0n) is 11.8. The molecular formula is C17H19F2N. The second-order valence-electron chi connectivity index (χ2n) is 4.66. The van der Waals surface area contributed by atoms with Crippen LogP contribution in [0.4, 0.5) is 8.78 Å². The molecule has 0 aromatic heterocycles. The van der Waals surface area contributed by atoms with Gasteiger partial charge in [0.25, 0.3) is 0 Å². The Morgan fingerprint density at radius 1 is 0.800 bits per heavy atom. The molecule has 0 saturated heterocycles. The minimum absolute atomic E-state index is 0.0425. The quantitative estimate of drug-likeness (QED) is 0.712. The average Bonchev–Trinajstić information content (AvgIpc) is 2.49. The Balaban J connectivity index is 2.28. The van der Waals surface area contributed by atoms with E-state index < -0.39 is 6.05 Å². The highest BCUT2D eigenvalue weighted by Gasteiger charge is 2.36. The van der Waals surface area contributed by atoms with Gasteiger partial charge in [-0.1, -0.05) is 68.4 Å². The summed E-state index contributed by atoms with van der Waals surface area (Å²) < 4.78 is 28.6. The van der Waals surface area contributed by atoms with E-state index in [9.17, 15) is 8.78 Å². The summed E-state index contributed by atoms with van der Waals surface area (Å²) in [6.45, 7) is 4.14. The van der Waals surface area contributed by atoms with Gasteiger partial charge >= 0.3 is 6.05 Å². The molecule has 2 rings (SSSR count). The van der Waals surface area contributed by atoms with Gasteiger partial charge in [-0.2, -0.15) is 8.78 Å². The fourth-order valence-corrected chi connectivity index (χ4v) is 2.30. The first kappa shape index (κ1) is 14.7. The lowest BCUT2D eigenvalue weighted by Gasteiger charge is -2.29. The molecule has 0 aliphatic carbocycles. The van der Waals surface area contributed by atoms with Gasteiger partial charge < -0.3 is 0 Å². The molecule has 0 N–H and O–H groups in total. The maximum Gasteiger partial charge on any atom is 0.331 e. The fourth-order valence-electron chi connectivity index (χ4n) is 2.30. The summed E-state index contributed by atoms with van der Waals surface area (Å²) in [5.41, 5.74) is 2.02. The van der Waals surface area contributed by atoms with E-state index in [2.05, 4.69) is 0 Å². The van der Waals surface area contributed by atoms with Crippen molar-refractivity contribution < 1.29 is 8.78 Å². The van der Waals surface area contributed by atoms with E-state index in [0.717, 1.165) is 16.0 Å². The highest BCUT2D eigenvalue weighted by molar-refractivity contribution is 5.63. The molecule has 2 aromatic rings. The second-order valence-corrected chi connectivity index (χ2v) is 4.66. The smallest absolute Gasteiger partial charge is 0.241 e. The molecule has 0 aliphatic heterocycles. The summed E-state index contributed by atoms with van der Waals surface area (Å²) >= 11 is 0. The van der Waals surface area contributed by atoms with Crippen LogP contribution < -0.4 is 0 Å². The van der Waals surface area contributed by atoms with E-state index >= 15 is 0 Å². The lowest BCUT2D eigenvalue weighted by Crippen LogP contribution is -2.38. The summed E-state index contributed by atoms with van der Waals surface area (Å²) in [6.07, 6.45) is 0. The highest BCUT2D eigenvalue weighted by atomic mass is 19.3. The van der Waals surface area contributed by atoms with Gasteiger partial charge in [0.2, 0.25) is 0 Å². The normalized spacial score (nSPS) is 11.8. The van der Waals surface area contributed by atoms with Crippen molar-refractivity contribution in [1.29, 1.82) is 0 Å². The monoisotopic (exact) mass is 275 g/mol. The van der Waals surface area contributed by atoms with Crippen molar-refractivity contribution in [3.63, 3.8) is 0 Å². The van der Waals surface area contributed by atoms with E-state index in [-0.39, 0.29) is 5.56 Å². The standard InChI is InChI=1S/C17H19F2N/c1-3-20(4-2)17(18,19)16-12-10-15(11-13-16)14-8-6-5-7-9-14/h5-13H,3-4H2,1-2H3. The van der Waals surface area contributed by atoms with Gasteiger partial charge in [0.15, 0.2) is 0 Å². The van der Waals surface area contributed by atoms with Crippen molar-refractivity contribution in [2.45, 2.75) is 19.9 Å². The van der Waals surface area contributed by atoms with Crippen molar-refractivity contribution in [1.82, 2.24) is 4.90 Å². The number of benzene rings is 2. The van der Waals surface area contributed by atoms with Gasteiger partial charge in [-0.05, 0) is 11.1 Å². The number of rotatable bonds is 5. The molecule has 0 fully saturated rings. The van der Waals surface area contributed by atoms with Crippen molar-refractivity contribution in [2.24, 2.45) is 0 Å². The van der Waals surface area contributed by atoms with Gasteiger partial charge in [0, 0.05) is 18.7 Å². The van der Waals surface area contributed by atoms with Crippen molar-refractivity contribution in [3.8, 4) is 11.1 Å². The van der Waals surface area contributed by atoms with Gasteiger partial charge in [0.05, 0.1) is 0 Å². The highest BCUT2D eigenvalue weighted by Crippen LogP contribution is 2.33. The van der Waals surface area contributed by atoms with Crippen molar-refractivity contribution in [3.05, 3.63) is 60.2 Å². The molecule has 1 nitrogen and oxygen atoms in total. The molecule has 106 valence electrons. The average molecular weight is 275 g/mol. The van der Waals surface area contributed by atoms with E-state index in [4.69, 9.17) is 0 Å². The molecule has 0 aliphatic rings. The maximum absolute atomic E-state index is 14.3. The molecule has 2 aromatic carbocycles. The van der Waals surface area contributed by atoms with Gasteiger partial charge in [-0.3, -0.25) is 0 Å². The fraction of sp³-hybridized carbons (Fsp3) is 0.294. The predicted molar refractivity (Wildman–Crippen MR) is 78.7 cm³/mol. The molecule has 0 saturated carbocycles. The Kier molecular flexibility index (Phi) is 4.50. The van der Waals surface area contributed by atoms with Crippen LogP contribution in [0.2, 0.25) is 0 Å². The number of hydrogen-bond donors (Lipinski definition) is 0. The Bertz CT molecular complexity index is 531. The second kappa shape index (κ2) is 6.14. The predicted octanol–water partition coefficient (Wildman–Crippen LogP) is 4.74. The van der Waals surface area contributed by atoms with Gasteiger partial charge in [-0.25, -0.2) is 4.90 Å². The molecule has 0 atom stereocenters. The molecule has 0 amide bonds. The van der Waals surface area contributed by atoms with E-state index in [1.165, 1.54) is 12.1 Å². The van der Waals surface area contributed by atoms with Gasteiger partial charge in [-0.15, -0.1) is 0 Å². The van der Waals surface area contributed by atoms with Crippen LogP contribution in [0.1, 0.15) is 19.4 Å². The molecule has 20 heavy (non-hydrogen) atoms. The summed E-state index contributed by atoms with van der Waals surface area (Å²) in [5.74, 6) is 0. The molecule has 0 bridgehead atoms. The first-order valence-corrected chi connectivity index (χ1v) is 6.88. The van der Waals surface area contributed by atoms with Crippen LogP contribution in [0.3, 0.4) is 0 Å². The molecule has 0 unspecified atom stereocenters. The largest absolute Gasteiger partial charge is 0.331 e. The summed E-state index contributed by atoms with van der Waals surface area (Å²) in [6, 6.07) is 13.4. The minimum atomic E-state index is -2.92. The molecule has 0 spiro atoms. The van der Waals surface area contributed by atoms with Crippen LogP contribution in [0.25, 0.3) is 11.1 Å².